The zero-order valence-corrected chi connectivity index (χ0v) is 27.6. The summed E-state index contributed by atoms with van der Waals surface area (Å²) in [4.78, 5) is 39.6. The van der Waals surface area contributed by atoms with E-state index in [2.05, 4.69) is 0 Å². The van der Waals surface area contributed by atoms with Crippen molar-refractivity contribution >= 4 is 23.2 Å². The third-order valence-corrected chi connectivity index (χ3v) is 10.3. The molecule has 7 N–H and O–H groups in total. The van der Waals surface area contributed by atoms with Crippen LogP contribution in [-0.4, -0.2) is 128 Å². The Morgan fingerprint density at radius 3 is 2.45 bits per heavy atom. The number of aliphatic hydroxyl groups is 3. The number of nitrogens with one attached hydrogen (secondary N) is 1. The minimum absolute atomic E-state index is 0.0461. The summed E-state index contributed by atoms with van der Waals surface area (Å²) in [6, 6.07) is 2.27. The maximum absolute atomic E-state index is 14.0. The van der Waals surface area contributed by atoms with Crippen LogP contribution in [0.4, 0.5) is 18.9 Å². The van der Waals surface area contributed by atoms with E-state index in [9.17, 15) is 58.3 Å². The van der Waals surface area contributed by atoms with E-state index in [1.54, 1.807) is 5.32 Å². The van der Waals surface area contributed by atoms with Gasteiger partial charge in [0.05, 0.1) is 52.7 Å². The average Bonchev–Trinajstić information content (AvgIpc) is 3.05. The van der Waals surface area contributed by atoms with Gasteiger partial charge in [-0.3, -0.25) is 14.4 Å². The van der Waals surface area contributed by atoms with Crippen LogP contribution in [0.1, 0.15) is 75.8 Å². The molecule has 2 aliphatic heterocycles. The van der Waals surface area contributed by atoms with Crippen LogP contribution in [-0.2, 0) is 30.2 Å². The molecule has 9 atom stereocenters. The number of amides is 1. The Bertz CT molecular complexity index is 1770. The normalized spacial score (nSPS) is 32.8. The fraction of sp³-hybridized carbons (Fsp3) is 0.545. The lowest BCUT2D eigenvalue weighted by atomic mass is 9.71. The van der Waals surface area contributed by atoms with Gasteiger partial charge in [0.1, 0.15) is 30.8 Å². The fourth-order valence-corrected chi connectivity index (χ4v) is 7.50. The topological polar surface area (TPSA) is 222 Å². The summed E-state index contributed by atoms with van der Waals surface area (Å²) in [5, 5.41) is 69.8. The molecule has 15 nitrogen and oxygen atoms in total. The molecule has 0 spiro atoms. The summed E-state index contributed by atoms with van der Waals surface area (Å²) in [7, 11) is 1.40. The average molecular weight is 728 g/mol. The number of hydrogen-bond donors (Lipinski definition) is 7. The number of carbonyl (C=O) groups excluding carboxylic acids is 3. The molecular formula is C33H38F3N2O13+. The molecule has 2 saturated heterocycles. The van der Waals surface area contributed by atoms with Crippen molar-refractivity contribution in [1.29, 1.82) is 0 Å². The zero-order chi connectivity index (χ0) is 37.4. The first-order chi connectivity index (χ1) is 23.8. The van der Waals surface area contributed by atoms with Gasteiger partial charge in [0.25, 0.3) is 0 Å². The molecule has 4 aliphatic rings. The Kier molecular flexibility index (Phi) is 9.48. The number of ether oxygens (including phenoxy) is 4. The van der Waals surface area contributed by atoms with Crippen LogP contribution in [0.2, 0.25) is 0 Å². The number of phenolic OH excluding ortho intramolecular Hbond substituents is 2. The highest BCUT2D eigenvalue weighted by molar-refractivity contribution is 6.32. The smallest absolute Gasteiger partial charge is 0.471 e. The van der Waals surface area contributed by atoms with Gasteiger partial charge in [0.15, 0.2) is 30.4 Å². The Morgan fingerprint density at radius 1 is 1.12 bits per heavy atom. The molecule has 0 saturated carbocycles. The largest absolute Gasteiger partial charge is 0.507 e. The molecule has 0 radical (unpaired) electrons. The molecule has 2 aromatic carbocycles. The van der Waals surface area contributed by atoms with Crippen molar-refractivity contribution in [1.82, 2.24) is 0 Å². The second-order valence-corrected chi connectivity index (χ2v) is 13.5. The summed E-state index contributed by atoms with van der Waals surface area (Å²) in [5.41, 5.74) is -5.81. The number of hydroxylamine groups is 3. The van der Waals surface area contributed by atoms with Gasteiger partial charge >= 0.3 is 12.1 Å². The summed E-state index contributed by atoms with van der Waals surface area (Å²) >= 11 is 0. The van der Waals surface area contributed by atoms with Crippen LogP contribution in [0.5, 0.6) is 11.5 Å². The molecule has 18 heteroatoms. The predicted octanol–water partition coefficient (Wildman–Crippen LogP) is 1.56. The number of morpholine rings is 1. The second kappa shape index (κ2) is 13.0. The molecule has 6 rings (SSSR count). The van der Waals surface area contributed by atoms with E-state index in [4.69, 9.17) is 18.9 Å². The van der Waals surface area contributed by atoms with E-state index >= 15 is 0 Å². The molecule has 0 bridgehead atoms. The number of methoxy groups -OCH3 is 1. The molecular weight excluding hydrogens is 689 g/mol. The number of alkyl halides is 3. The number of benzene rings is 2. The van der Waals surface area contributed by atoms with E-state index in [-0.39, 0.29) is 37.2 Å². The van der Waals surface area contributed by atoms with Gasteiger partial charge in [-0.1, -0.05) is 12.1 Å². The predicted molar refractivity (Wildman–Crippen MR) is 164 cm³/mol. The van der Waals surface area contributed by atoms with Crippen LogP contribution in [0, 0.1) is 0 Å². The summed E-state index contributed by atoms with van der Waals surface area (Å²) in [6.07, 6.45) is -13.6. The molecule has 2 aromatic rings. The number of aliphatic hydroxyl groups excluding tert-OH is 2. The van der Waals surface area contributed by atoms with E-state index < -0.39 is 129 Å². The number of phenols is 2. The first-order valence-corrected chi connectivity index (χ1v) is 16.2. The number of quaternary nitrogens is 1. The van der Waals surface area contributed by atoms with Crippen molar-refractivity contribution in [3.05, 3.63) is 51.6 Å². The standard InChI is InChI=1S/C33H37F3N2O13/c1-13-26(40)18(38(47)7-8-49-21(12-38)48-3)9-20(50-13)51-19-11-32(46,14(2)39)10-16-23(19)30(44)25-24(28(16)42)27(41)15-5-4-6-17(22(15)29(25)43)37-31(45)33(34,35)36/h4-6,13-14,18-21,26,39-40,46-47H,7-12H2,1-3H3,(H2-,37,41,42,43,44,45)/p+1/t13-,14?,18?,19-,20-,21-,26+,32-,38?/m0/s1. The quantitative estimate of drug-likeness (QED) is 0.142. The van der Waals surface area contributed by atoms with Gasteiger partial charge < -0.3 is 49.8 Å². The Hall–Kier alpha value is -3.72. The number of halogens is 3. The molecule has 0 aromatic heterocycles. The number of anilines is 1. The number of nitrogens with zero attached hydrogens (tertiary/aromatic N) is 1. The maximum Gasteiger partial charge on any atom is 0.471 e. The lowest BCUT2D eigenvalue weighted by Gasteiger charge is -2.48. The van der Waals surface area contributed by atoms with Crippen molar-refractivity contribution in [2.75, 3.05) is 32.1 Å². The zero-order valence-electron chi connectivity index (χ0n) is 27.6. The van der Waals surface area contributed by atoms with Gasteiger partial charge in [-0.05, 0) is 19.9 Å². The van der Waals surface area contributed by atoms with E-state index in [0.29, 0.717) is 0 Å². The number of fused-ring (bicyclic) bond motifs is 3. The van der Waals surface area contributed by atoms with Crippen LogP contribution < -0.4 is 5.32 Å². The van der Waals surface area contributed by atoms with Gasteiger partial charge in [0.2, 0.25) is 6.29 Å². The summed E-state index contributed by atoms with van der Waals surface area (Å²) in [6.45, 7) is 2.95. The fourth-order valence-electron chi connectivity index (χ4n) is 7.50. The summed E-state index contributed by atoms with van der Waals surface area (Å²) < 4.78 is 61.7. The van der Waals surface area contributed by atoms with Gasteiger partial charge in [-0.2, -0.15) is 17.8 Å². The molecule has 2 heterocycles. The minimum Gasteiger partial charge on any atom is -0.507 e. The number of carbonyl (C=O) groups is 3. The minimum atomic E-state index is -5.34. The number of rotatable bonds is 6. The molecule has 3 unspecified atom stereocenters. The molecule has 278 valence electrons. The first-order valence-electron chi connectivity index (χ1n) is 16.2. The lowest BCUT2D eigenvalue weighted by molar-refractivity contribution is -1.13. The highest BCUT2D eigenvalue weighted by Crippen LogP contribution is 2.53. The third-order valence-electron chi connectivity index (χ3n) is 10.3. The Labute approximate surface area is 288 Å². The van der Waals surface area contributed by atoms with Crippen molar-refractivity contribution in [2.24, 2.45) is 0 Å². The molecule has 1 amide bonds. The molecule has 2 fully saturated rings. The monoisotopic (exact) mass is 727 g/mol. The van der Waals surface area contributed by atoms with Crippen molar-refractivity contribution in [3.63, 3.8) is 0 Å². The number of ketones is 2. The van der Waals surface area contributed by atoms with Crippen molar-refractivity contribution in [2.45, 2.75) is 87.9 Å². The molecule has 51 heavy (non-hydrogen) atoms. The number of aromatic hydroxyl groups is 2. The van der Waals surface area contributed by atoms with Gasteiger partial charge in [-0.15, -0.1) is 0 Å². The van der Waals surface area contributed by atoms with Crippen LogP contribution in [0.3, 0.4) is 0 Å². The second-order valence-electron chi connectivity index (χ2n) is 13.5. The molecule has 2 aliphatic carbocycles. The summed E-state index contributed by atoms with van der Waals surface area (Å²) in [5.74, 6) is -6.42. The maximum atomic E-state index is 14.0. The SMILES string of the molecule is CO[C@@H]1C[N+](O)(C2C[C@H](O[C@H]3C[C@](O)(C(C)O)Cc4c(O)c5c(c(O)c43)C(=O)c3c(NC(=O)C(F)(F)F)cccc3C5=O)O[C@@H](C)[C@H]2O)CCO1. The highest BCUT2D eigenvalue weighted by Gasteiger charge is 2.54. The lowest BCUT2D eigenvalue weighted by Crippen LogP contribution is -2.68. The van der Waals surface area contributed by atoms with Gasteiger partial charge in [0, 0.05) is 36.6 Å². The number of hydrogen-bond acceptors (Lipinski definition) is 13. The van der Waals surface area contributed by atoms with Crippen LogP contribution >= 0.6 is 0 Å². The van der Waals surface area contributed by atoms with Crippen molar-refractivity contribution < 1.29 is 81.9 Å². The van der Waals surface area contributed by atoms with E-state index in [0.717, 1.165) is 18.2 Å². The van der Waals surface area contributed by atoms with Crippen molar-refractivity contribution in [3.8, 4) is 11.5 Å². The highest BCUT2D eigenvalue weighted by atomic mass is 19.4. The van der Waals surface area contributed by atoms with E-state index in [1.165, 1.54) is 21.0 Å². The Balaban J connectivity index is 1.42. The van der Waals surface area contributed by atoms with E-state index in [1.807, 2.05) is 0 Å². The van der Waals surface area contributed by atoms with Crippen LogP contribution in [0.25, 0.3) is 0 Å². The van der Waals surface area contributed by atoms with Gasteiger partial charge in [-0.25, -0.2) is 5.21 Å². The first kappa shape index (κ1) is 37.1. The van der Waals surface area contributed by atoms with Crippen LogP contribution in [0.15, 0.2) is 18.2 Å². The Morgan fingerprint density at radius 2 is 1.80 bits per heavy atom. The third kappa shape index (κ3) is 6.27.